The molecule has 4 aromatic rings. The minimum absolute atomic E-state index is 0.0564. The number of anilines is 1. The van der Waals surface area contributed by atoms with Crippen molar-refractivity contribution in [2.24, 2.45) is 0 Å². The Morgan fingerprint density at radius 1 is 1.04 bits per heavy atom. The Balaban J connectivity index is 1.58. The highest BCUT2D eigenvalue weighted by Gasteiger charge is 2.42. The van der Waals surface area contributed by atoms with Crippen LogP contribution in [0.2, 0.25) is 0 Å². The number of carbonyl (C=O) groups excluding carboxylic acids is 2. The van der Waals surface area contributed by atoms with Crippen molar-refractivity contribution in [3.8, 4) is 29.7 Å². The van der Waals surface area contributed by atoms with Gasteiger partial charge in [-0.25, -0.2) is 9.59 Å². The maximum Gasteiger partial charge on any atom is 0.491 e. The van der Waals surface area contributed by atoms with Crippen LogP contribution in [0.25, 0.3) is 11.2 Å². The van der Waals surface area contributed by atoms with E-state index in [0.717, 1.165) is 12.1 Å². The molecule has 1 aliphatic rings. The maximum atomic E-state index is 14.2. The zero-order valence-electron chi connectivity index (χ0n) is 23.7. The van der Waals surface area contributed by atoms with E-state index in [4.69, 9.17) is 4.74 Å². The smallest absolute Gasteiger partial charge is 0.425 e. The Bertz CT molecular complexity index is 1930. The van der Waals surface area contributed by atoms with E-state index in [1.807, 2.05) is 4.90 Å². The summed E-state index contributed by atoms with van der Waals surface area (Å²) in [5.74, 6) is 2.24. The third-order valence-corrected chi connectivity index (χ3v) is 6.81. The van der Waals surface area contributed by atoms with Crippen LogP contribution < -0.4 is 20.5 Å². The van der Waals surface area contributed by atoms with Crippen molar-refractivity contribution in [3.05, 3.63) is 75.6 Å². The van der Waals surface area contributed by atoms with Crippen LogP contribution in [0, 0.1) is 23.2 Å². The first-order valence-electron chi connectivity index (χ1n) is 13.6. The molecule has 2 aromatic carbocycles. The molecular weight excluding hydrogens is 595 g/mol. The van der Waals surface area contributed by atoms with E-state index in [0.29, 0.717) is 43.3 Å². The number of ether oxygens (including phenoxy) is 2. The molecule has 0 amide bonds. The van der Waals surface area contributed by atoms with E-state index in [2.05, 4.69) is 37.9 Å². The highest BCUT2D eigenvalue weighted by atomic mass is 19.4. The molecular formula is C30H24F3N7O5. The fourth-order valence-corrected chi connectivity index (χ4v) is 4.62. The van der Waals surface area contributed by atoms with Crippen molar-refractivity contribution < 1.29 is 32.2 Å². The molecule has 1 N–H and O–H groups in total. The highest BCUT2D eigenvalue weighted by molar-refractivity contribution is 5.98. The van der Waals surface area contributed by atoms with Crippen LogP contribution in [0.3, 0.4) is 0 Å². The number of nitrogens with zero attached hydrogens (tertiary/aromatic N) is 6. The number of nitriles is 1. The number of benzene rings is 2. The average molecular weight is 620 g/mol. The van der Waals surface area contributed by atoms with E-state index in [-0.39, 0.29) is 41.6 Å². The number of imidazole rings is 1. The van der Waals surface area contributed by atoms with E-state index in [1.165, 1.54) is 16.7 Å². The normalized spacial score (nSPS) is 13.1. The summed E-state index contributed by atoms with van der Waals surface area (Å²) in [7, 11) is 0. The number of aromatic nitrogens is 4. The van der Waals surface area contributed by atoms with Gasteiger partial charge in [-0.05, 0) is 42.8 Å². The molecule has 5 rings (SSSR count). The number of rotatable bonds is 7. The average Bonchev–Trinajstić information content (AvgIpc) is 3.40. The number of nitrogens with one attached hydrogen (secondary N) is 1. The van der Waals surface area contributed by atoms with Gasteiger partial charge >= 0.3 is 24.1 Å². The number of carbonyl (C=O) groups is 2. The second kappa shape index (κ2) is 12.9. The summed E-state index contributed by atoms with van der Waals surface area (Å²) in [5, 5.41) is 12.9. The Hall–Kier alpha value is -5.67. The molecule has 0 spiro atoms. The third kappa shape index (κ3) is 6.63. The van der Waals surface area contributed by atoms with Crippen LogP contribution in [0.5, 0.6) is 11.8 Å². The summed E-state index contributed by atoms with van der Waals surface area (Å²) >= 11 is 0. The summed E-state index contributed by atoms with van der Waals surface area (Å²) in [6.45, 7) is 4.47. The molecule has 1 saturated heterocycles. The molecule has 1 fully saturated rings. The predicted molar refractivity (Wildman–Crippen MR) is 154 cm³/mol. The fraction of sp³-hybridized carbons (Fsp3) is 0.267. The summed E-state index contributed by atoms with van der Waals surface area (Å²) in [4.78, 5) is 48.5. The molecule has 0 radical (unpaired) electrons. The van der Waals surface area contributed by atoms with Gasteiger partial charge in [0.1, 0.15) is 5.75 Å². The predicted octanol–water partition coefficient (Wildman–Crippen LogP) is 2.98. The molecule has 45 heavy (non-hydrogen) atoms. The van der Waals surface area contributed by atoms with Gasteiger partial charge in [0.15, 0.2) is 11.2 Å². The third-order valence-electron chi connectivity index (χ3n) is 6.81. The Morgan fingerprint density at radius 2 is 1.76 bits per heavy atom. The molecule has 15 heteroatoms. The fourth-order valence-electron chi connectivity index (χ4n) is 4.62. The highest BCUT2D eigenvalue weighted by Crippen LogP contribution is 2.26. The van der Waals surface area contributed by atoms with Crippen LogP contribution in [-0.2, 0) is 22.6 Å². The molecule has 3 heterocycles. The topological polar surface area (TPSA) is 144 Å². The molecule has 0 unspecified atom stereocenters. The standard InChI is InChI=1S/C30H24F3N7O5/c1-2-3-14-39-23-24(36-28(39)38-15-12-35-13-16-38)37-29(40(25(23)41)18-21-7-5-4-6-20(21)17-34)44-22-10-8-19(9-11-22)26(42)45-27(43)30(31,32)33/h4-11,35H,12-16,18H2,1H3. The number of esters is 2. The van der Waals surface area contributed by atoms with Gasteiger partial charge in [0, 0.05) is 26.2 Å². The lowest BCUT2D eigenvalue weighted by Crippen LogP contribution is -2.44. The monoisotopic (exact) mass is 619 g/mol. The quantitative estimate of drug-likeness (QED) is 0.186. The lowest BCUT2D eigenvalue weighted by Gasteiger charge is -2.28. The molecule has 0 atom stereocenters. The molecule has 1 aliphatic heterocycles. The molecule has 230 valence electrons. The van der Waals surface area contributed by atoms with Crippen LogP contribution in [0.4, 0.5) is 19.1 Å². The number of alkyl halides is 3. The zero-order valence-corrected chi connectivity index (χ0v) is 23.7. The van der Waals surface area contributed by atoms with Gasteiger partial charge in [0.2, 0.25) is 5.95 Å². The first-order valence-corrected chi connectivity index (χ1v) is 13.6. The van der Waals surface area contributed by atoms with Crippen LogP contribution >= 0.6 is 0 Å². The minimum Gasteiger partial charge on any atom is -0.425 e. The second-order valence-corrected chi connectivity index (χ2v) is 9.69. The van der Waals surface area contributed by atoms with Gasteiger partial charge in [0.05, 0.1) is 30.3 Å². The van der Waals surface area contributed by atoms with E-state index >= 15 is 0 Å². The lowest BCUT2D eigenvalue weighted by molar-refractivity contribution is -0.193. The number of piperazine rings is 1. The SMILES string of the molecule is CC#CCn1c(N2CCNCC2)nc2nc(Oc3ccc(C(=O)OC(=O)C(F)(F)F)cc3)n(Cc3ccccc3C#N)c(=O)c21. The largest absolute Gasteiger partial charge is 0.491 e. The Morgan fingerprint density at radius 3 is 2.42 bits per heavy atom. The maximum absolute atomic E-state index is 14.2. The van der Waals surface area contributed by atoms with Crippen molar-refractivity contribution >= 4 is 29.1 Å². The van der Waals surface area contributed by atoms with Crippen LogP contribution in [0.15, 0.2) is 53.3 Å². The first kappa shape index (κ1) is 30.8. The molecule has 0 aliphatic carbocycles. The number of hydrogen-bond donors (Lipinski definition) is 1. The number of hydrogen-bond acceptors (Lipinski definition) is 10. The lowest BCUT2D eigenvalue weighted by atomic mass is 10.1. The van der Waals surface area contributed by atoms with Crippen molar-refractivity contribution in [1.82, 2.24) is 24.4 Å². The summed E-state index contributed by atoms with van der Waals surface area (Å²) in [6.07, 6.45) is -5.34. The Kier molecular flexibility index (Phi) is 8.83. The minimum atomic E-state index is -5.34. The molecule has 2 aromatic heterocycles. The Labute approximate surface area is 253 Å². The first-order chi connectivity index (χ1) is 21.6. The van der Waals surface area contributed by atoms with E-state index < -0.39 is 23.7 Å². The molecule has 12 nitrogen and oxygen atoms in total. The zero-order chi connectivity index (χ0) is 32.1. The van der Waals surface area contributed by atoms with Gasteiger partial charge < -0.3 is 19.7 Å². The number of halogens is 3. The van der Waals surface area contributed by atoms with E-state index in [1.54, 1.807) is 35.8 Å². The second-order valence-electron chi connectivity index (χ2n) is 9.69. The van der Waals surface area contributed by atoms with Crippen LogP contribution in [0.1, 0.15) is 28.4 Å². The summed E-state index contributed by atoms with van der Waals surface area (Å²) < 4.78 is 50.2. The number of fused-ring (bicyclic) bond motifs is 1. The summed E-state index contributed by atoms with van der Waals surface area (Å²) in [6, 6.07) is 13.3. The van der Waals surface area contributed by atoms with Crippen LogP contribution in [-0.4, -0.2) is 63.4 Å². The van der Waals surface area contributed by atoms with Gasteiger partial charge in [-0.15, -0.1) is 5.92 Å². The van der Waals surface area contributed by atoms with Crippen molar-refractivity contribution in [3.63, 3.8) is 0 Å². The molecule has 0 bridgehead atoms. The van der Waals surface area contributed by atoms with Gasteiger partial charge in [-0.2, -0.15) is 28.4 Å². The van der Waals surface area contributed by atoms with Crippen molar-refractivity contribution in [2.45, 2.75) is 26.2 Å². The summed E-state index contributed by atoms with van der Waals surface area (Å²) in [5.41, 5.74) is 0.263. The van der Waals surface area contributed by atoms with Crippen molar-refractivity contribution in [1.29, 1.82) is 5.26 Å². The van der Waals surface area contributed by atoms with Gasteiger partial charge in [-0.3, -0.25) is 13.9 Å². The van der Waals surface area contributed by atoms with Crippen molar-refractivity contribution in [2.75, 3.05) is 31.1 Å². The molecule has 0 saturated carbocycles. The van der Waals surface area contributed by atoms with Gasteiger partial charge in [-0.1, -0.05) is 24.1 Å². The van der Waals surface area contributed by atoms with Gasteiger partial charge in [0.25, 0.3) is 5.56 Å². The van der Waals surface area contributed by atoms with E-state index in [9.17, 15) is 32.8 Å².